The van der Waals surface area contributed by atoms with Crippen molar-refractivity contribution in [1.29, 1.82) is 0 Å². The van der Waals surface area contributed by atoms with E-state index in [-0.39, 0.29) is 11.5 Å². The standard InChI is InChI=1S/C25H26N4O5/c1-2-13-33-21-8-7-17-23(30)22(14-20-16-5-3-4-6-19(16)26-27-20)34-24(17)18(21)15-28-9-11-29(12-10-28)25(31)32/h3-8,14H,2,9-13,15H2,1H3,(H,26,27)(H,31,32)/b22-14-. The highest BCUT2D eigenvalue weighted by molar-refractivity contribution is 6.15. The lowest BCUT2D eigenvalue weighted by molar-refractivity contribution is 0.101. The number of carboxylic acid groups (broad SMARTS) is 1. The monoisotopic (exact) mass is 462 g/mol. The molecule has 0 bridgehead atoms. The largest absolute Gasteiger partial charge is 0.493 e. The minimum Gasteiger partial charge on any atom is -0.493 e. The summed E-state index contributed by atoms with van der Waals surface area (Å²) in [5.74, 6) is 1.21. The maximum atomic E-state index is 13.2. The van der Waals surface area contributed by atoms with Crippen molar-refractivity contribution in [3.05, 3.63) is 59.0 Å². The van der Waals surface area contributed by atoms with Gasteiger partial charge in [-0.3, -0.25) is 14.8 Å². The third kappa shape index (κ3) is 4.10. The molecule has 1 fully saturated rings. The molecule has 3 aromatic rings. The fourth-order valence-electron chi connectivity index (χ4n) is 4.33. The van der Waals surface area contributed by atoms with Crippen molar-refractivity contribution in [3.8, 4) is 11.5 Å². The molecule has 9 heteroatoms. The first-order valence-electron chi connectivity index (χ1n) is 11.4. The van der Waals surface area contributed by atoms with Crippen LogP contribution in [-0.4, -0.2) is 69.8 Å². The zero-order valence-electron chi connectivity index (χ0n) is 18.9. The van der Waals surface area contributed by atoms with Crippen LogP contribution in [0.2, 0.25) is 0 Å². The summed E-state index contributed by atoms with van der Waals surface area (Å²) >= 11 is 0. The van der Waals surface area contributed by atoms with E-state index in [9.17, 15) is 14.7 Å². The van der Waals surface area contributed by atoms with Gasteiger partial charge < -0.3 is 19.5 Å². The zero-order valence-corrected chi connectivity index (χ0v) is 18.9. The molecule has 34 heavy (non-hydrogen) atoms. The number of nitrogens with zero attached hydrogens (tertiary/aromatic N) is 3. The maximum Gasteiger partial charge on any atom is 0.407 e. The van der Waals surface area contributed by atoms with Crippen molar-refractivity contribution >= 4 is 28.9 Å². The SMILES string of the molecule is CCCOc1ccc2c(c1CN1CCN(C(=O)O)CC1)O/C(=C\c1n[nH]c3ccccc13)C2=O. The van der Waals surface area contributed by atoms with E-state index in [1.165, 1.54) is 4.90 Å². The number of Topliss-reactive ketones (excluding diaryl/α,β-unsaturated/α-hetero) is 1. The minimum absolute atomic E-state index is 0.193. The molecular weight excluding hydrogens is 436 g/mol. The first-order chi connectivity index (χ1) is 16.5. The fourth-order valence-corrected chi connectivity index (χ4v) is 4.33. The molecule has 1 aromatic heterocycles. The lowest BCUT2D eigenvalue weighted by atomic mass is 10.0. The van der Waals surface area contributed by atoms with Gasteiger partial charge in [0, 0.05) is 44.2 Å². The number of fused-ring (bicyclic) bond motifs is 2. The van der Waals surface area contributed by atoms with E-state index in [0.29, 0.717) is 62.1 Å². The topological polar surface area (TPSA) is 108 Å². The molecule has 0 radical (unpaired) electrons. The molecule has 0 aliphatic carbocycles. The lowest BCUT2D eigenvalue weighted by Crippen LogP contribution is -2.47. The number of nitrogens with one attached hydrogen (secondary N) is 1. The van der Waals surface area contributed by atoms with Crippen LogP contribution in [0.3, 0.4) is 0 Å². The lowest BCUT2D eigenvalue weighted by Gasteiger charge is -2.33. The quantitative estimate of drug-likeness (QED) is 0.537. The van der Waals surface area contributed by atoms with Crippen molar-refractivity contribution in [2.24, 2.45) is 0 Å². The number of allylic oxidation sites excluding steroid dienone is 1. The summed E-state index contributed by atoms with van der Waals surface area (Å²) in [6, 6.07) is 11.3. The number of aromatic amines is 1. The van der Waals surface area contributed by atoms with Gasteiger partial charge in [0.25, 0.3) is 0 Å². The maximum absolute atomic E-state index is 13.2. The Kier molecular flexibility index (Phi) is 5.93. The van der Waals surface area contributed by atoms with Crippen LogP contribution in [-0.2, 0) is 6.54 Å². The number of carbonyl (C=O) groups is 2. The number of benzene rings is 2. The normalized spacial score (nSPS) is 17.3. The smallest absolute Gasteiger partial charge is 0.407 e. The second kappa shape index (κ2) is 9.18. The Morgan fingerprint density at radius 1 is 1.21 bits per heavy atom. The Morgan fingerprint density at radius 3 is 2.76 bits per heavy atom. The van der Waals surface area contributed by atoms with Crippen molar-refractivity contribution in [3.63, 3.8) is 0 Å². The Balaban J connectivity index is 1.45. The van der Waals surface area contributed by atoms with Crippen molar-refractivity contribution < 1.29 is 24.2 Å². The van der Waals surface area contributed by atoms with Gasteiger partial charge in [-0.05, 0) is 24.6 Å². The summed E-state index contributed by atoms with van der Waals surface area (Å²) in [7, 11) is 0. The molecule has 3 heterocycles. The van der Waals surface area contributed by atoms with Crippen molar-refractivity contribution in [2.75, 3.05) is 32.8 Å². The molecule has 5 rings (SSSR count). The Labute approximate surface area is 196 Å². The van der Waals surface area contributed by atoms with Crippen molar-refractivity contribution in [1.82, 2.24) is 20.0 Å². The van der Waals surface area contributed by atoms with Crippen LogP contribution in [0.1, 0.15) is 35.0 Å². The minimum atomic E-state index is -0.901. The molecule has 2 aromatic carbocycles. The average Bonchev–Trinajstić information content (AvgIpc) is 3.40. The summed E-state index contributed by atoms with van der Waals surface area (Å²) in [6.45, 7) is 5.15. The summed E-state index contributed by atoms with van der Waals surface area (Å²) in [6.07, 6.45) is 1.62. The number of rotatable bonds is 6. The van der Waals surface area contributed by atoms with E-state index in [0.717, 1.165) is 22.9 Å². The van der Waals surface area contributed by atoms with Gasteiger partial charge in [-0.2, -0.15) is 5.10 Å². The molecule has 0 saturated carbocycles. The summed E-state index contributed by atoms with van der Waals surface area (Å²) in [5.41, 5.74) is 2.82. The molecule has 2 N–H and O–H groups in total. The van der Waals surface area contributed by atoms with E-state index in [1.54, 1.807) is 12.1 Å². The molecule has 9 nitrogen and oxygen atoms in total. The van der Waals surface area contributed by atoms with Crippen LogP contribution in [0.15, 0.2) is 42.2 Å². The average molecular weight is 463 g/mol. The van der Waals surface area contributed by atoms with Gasteiger partial charge in [-0.15, -0.1) is 0 Å². The number of hydrogen-bond donors (Lipinski definition) is 2. The number of para-hydroxylation sites is 1. The first-order valence-corrected chi connectivity index (χ1v) is 11.4. The Morgan fingerprint density at radius 2 is 2.00 bits per heavy atom. The van der Waals surface area contributed by atoms with E-state index < -0.39 is 6.09 Å². The number of hydrogen-bond acceptors (Lipinski definition) is 6. The van der Waals surface area contributed by atoms with Gasteiger partial charge in [-0.25, -0.2) is 4.79 Å². The van der Waals surface area contributed by atoms with E-state index in [2.05, 4.69) is 15.1 Å². The molecule has 2 aliphatic rings. The number of amides is 1. The van der Waals surface area contributed by atoms with Gasteiger partial charge >= 0.3 is 6.09 Å². The highest BCUT2D eigenvalue weighted by Gasteiger charge is 2.33. The highest BCUT2D eigenvalue weighted by atomic mass is 16.5. The Hall–Kier alpha value is -3.85. The summed E-state index contributed by atoms with van der Waals surface area (Å²) < 4.78 is 12.1. The molecule has 176 valence electrons. The fraction of sp³-hybridized carbons (Fsp3) is 0.320. The first kappa shape index (κ1) is 22.0. The van der Waals surface area contributed by atoms with Crippen LogP contribution in [0.4, 0.5) is 4.79 Å². The third-order valence-electron chi connectivity index (χ3n) is 6.15. The molecule has 1 saturated heterocycles. The van der Waals surface area contributed by atoms with E-state index in [4.69, 9.17) is 9.47 Å². The molecule has 0 atom stereocenters. The molecule has 1 amide bonds. The van der Waals surface area contributed by atoms with Crippen LogP contribution >= 0.6 is 0 Å². The molecular formula is C25H26N4O5. The summed E-state index contributed by atoms with van der Waals surface area (Å²) in [4.78, 5) is 28.0. The van der Waals surface area contributed by atoms with Gasteiger partial charge in [0.2, 0.25) is 5.78 Å². The zero-order chi connectivity index (χ0) is 23.7. The number of carbonyl (C=O) groups excluding carboxylic acids is 1. The second-order valence-corrected chi connectivity index (χ2v) is 8.41. The Bertz CT molecular complexity index is 1270. The van der Waals surface area contributed by atoms with Gasteiger partial charge in [0.05, 0.1) is 28.9 Å². The highest BCUT2D eigenvalue weighted by Crippen LogP contribution is 2.41. The van der Waals surface area contributed by atoms with Gasteiger partial charge in [-0.1, -0.05) is 25.1 Å². The van der Waals surface area contributed by atoms with Crippen LogP contribution < -0.4 is 9.47 Å². The predicted molar refractivity (Wildman–Crippen MR) is 126 cm³/mol. The van der Waals surface area contributed by atoms with Crippen LogP contribution in [0.5, 0.6) is 11.5 Å². The van der Waals surface area contributed by atoms with Crippen molar-refractivity contribution in [2.45, 2.75) is 19.9 Å². The molecule has 0 unspecified atom stereocenters. The number of aromatic nitrogens is 2. The second-order valence-electron chi connectivity index (χ2n) is 8.41. The van der Waals surface area contributed by atoms with Crippen LogP contribution in [0.25, 0.3) is 17.0 Å². The van der Waals surface area contributed by atoms with Gasteiger partial charge in [0.1, 0.15) is 11.5 Å². The van der Waals surface area contributed by atoms with Crippen LogP contribution in [0, 0.1) is 0 Å². The van der Waals surface area contributed by atoms with E-state index in [1.807, 2.05) is 37.3 Å². The third-order valence-corrected chi connectivity index (χ3v) is 6.15. The summed E-state index contributed by atoms with van der Waals surface area (Å²) in [5, 5.41) is 17.4. The number of piperazine rings is 1. The number of H-pyrrole nitrogens is 1. The number of ether oxygens (including phenoxy) is 2. The van der Waals surface area contributed by atoms with E-state index >= 15 is 0 Å². The predicted octanol–water partition coefficient (Wildman–Crippen LogP) is 3.76. The molecule has 0 spiro atoms. The van der Waals surface area contributed by atoms with Gasteiger partial charge in [0.15, 0.2) is 5.76 Å². The number of ketones is 1. The molecule has 2 aliphatic heterocycles.